The molecule has 0 aromatic heterocycles. The van der Waals surface area contributed by atoms with Crippen molar-refractivity contribution in [2.24, 2.45) is 0 Å². The Bertz CT molecular complexity index is 229. The molecule has 0 rings (SSSR count). The van der Waals surface area contributed by atoms with Crippen molar-refractivity contribution < 1.29 is 24.5 Å². The number of hydrogen-bond acceptors (Lipinski definition) is 4. The molecule has 0 heterocycles. The van der Waals surface area contributed by atoms with Crippen LogP contribution in [0.4, 0.5) is 0 Å². The molecule has 0 aliphatic carbocycles. The molecule has 74 valence electrons. The van der Waals surface area contributed by atoms with Crippen LogP contribution in [0.1, 0.15) is 13.8 Å². The molecule has 2 N–H and O–H groups in total. The number of esters is 1. The molecule has 1 unspecified atom stereocenters. The highest BCUT2D eigenvalue weighted by Crippen LogP contribution is 1.97. The standard InChI is InChI=1S/C8H12O5/c1-5(3-7(10)11)8(12)13-4-6(2)9/h3,6,9H,4H2,1-2H3,(H,10,11)/b5-3-. The van der Waals surface area contributed by atoms with Gasteiger partial charge in [-0.2, -0.15) is 0 Å². The first kappa shape index (κ1) is 11.6. The quantitative estimate of drug-likeness (QED) is 0.477. The summed E-state index contributed by atoms with van der Waals surface area (Å²) < 4.78 is 4.55. The molecule has 0 saturated heterocycles. The molecule has 0 aromatic rings. The Balaban J connectivity index is 4.04. The van der Waals surface area contributed by atoms with Crippen molar-refractivity contribution in [3.8, 4) is 0 Å². The second kappa shape index (κ2) is 5.31. The minimum Gasteiger partial charge on any atom is -0.478 e. The Hall–Kier alpha value is -1.36. The summed E-state index contributed by atoms with van der Waals surface area (Å²) >= 11 is 0. The second-order valence-electron chi connectivity index (χ2n) is 2.61. The number of carbonyl (C=O) groups is 2. The van der Waals surface area contributed by atoms with Crippen molar-refractivity contribution in [1.82, 2.24) is 0 Å². The molecule has 0 aliphatic heterocycles. The summed E-state index contributed by atoms with van der Waals surface area (Å²) in [4.78, 5) is 21.0. The smallest absolute Gasteiger partial charge is 0.334 e. The number of aliphatic carboxylic acids is 1. The summed E-state index contributed by atoms with van der Waals surface area (Å²) in [5.74, 6) is -1.94. The second-order valence-corrected chi connectivity index (χ2v) is 2.61. The lowest BCUT2D eigenvalue weighted by molar-refractivity contribution is -0.142. The van der Waals surface area contributed by atoms with E-state index in [2.05, 4.69) is 4.74 Å². The maximum atomic E-state index is 10.9. The largest absolute Gasteiger partial charge is 0.478 e. The van der Waals surface area contributed by atoms with E-state index in [0.717, 1.165) is 6.08 Å². The van der Waals surface area contributed by atoms with E-state index in [1.54, 1.807) is 0 Å². The number of carboxylic acids is 1. The van der Waals surface area contributed by atoms with Gasteiger partial charge < -0.3 is 14.9 Å². The lowest BCUT2D eigenvalue weighted by atomic mass is 10.3. The summed E-state index contributed by atoms with van der Waals surface area (Å²) in [6, 6.07) is 0. The van der Waals surface area contributed by atoms with Crippen LogP contribution in [-0.2, 0) is 14.3 Å². The van der Waals surface area contributed by atoms with Crippen LogP contribution < -0.4 is 0 Å². The fourth-order valence-corrected chi connectivity index (χ4v) is 0.554. The maximum absolute atomic E-state index is 10.9. The molecule has 0 radical (unpaired) electrons. The van der Waals surface area contributed by atoms with E-state index in [1.807, 2.05) is 0 Å². The summed E-state index contributed by atoms with van der Waals surface area (Å²) in [6.45, 7) is 2.66. The van der Waals surface area contributed by atoms with Crippen molar-refractivity contribution in [2.75, 3.05) is 6.61 Å². The summed E-state index contributed by atoms with van der Waals surface area (Å²) in [7, 11) is 0. The van der Waals surface area contributed by atoms with E-state index < -0.39 is 18.0 Å². The molecule has 1 atom stereocenters. The molecule has 0 aliphatic rings. The molecular weight excluding hydrogens is 176 g/mol. The Morgan fingerprint density at radius 1 is 1.54 bits per heavy atom. The lowest BCUT2D eigenvalue weighted by Gasteiger charge is -2.05. The van der Waals surface area contributed by atoms with Crippen LogP contribution in [0.25, 0.3) is 0 Å². The van der Waals surface area contributed by atoms with Crippen LogP contribution in [0, 0.1) is 0 Å². The zero-order valence-corrected chi connectivity index (χ0v) is 7.48. The summed E-state index contributed by atoms with van der Waals surface area (Å²) in [5.41, 5.74) is -0.00634. The topological polar surface area (TPSA) is 83.8 Å². The Morgan fingerprint density at radius 3 is 2.46 bits per heavy atom. The van der Waals surface area contributed by atoms with Gasteiger partial charge in [-0.3, -0.25) is 0 Å². The third kappa shape index (κ3) is 5.86. The van der Waals surface area contributed by atoms with Gasteiger partial charge in [0, 0.05) is 11.6 Å². The highest BCUT2D eigenvalue weighted by Gasteiger charge is 2.08. The van der Waals surface area contributed by atoms with Crippen molar-refractivity contribution in [3.05, 3.63) is 11.6 Å². The molecular formula is C8H12O5. The van der Waals surface area contributed by atoms with E-state index in [1.165, 1.54) is 13.8 Å². The minimum absolute atomic E-state index is 0.00634. The van der Waals surface area contributed by atoms with Gasteiger partial charge in [-0.1, -0.05) is 0 Å². The van der Waals surface area contributed by atoms with Crippen molar-refractivity contribution in [1.29, 1.82) is 0 Å². The Morgan fingerprint density at radius 2 is 2.08 bits per heavy atom. The molecule has 0 aromatic carbocycles. The van der Waals surface area contributed by atoms with Crippen LogP contribution >= 0.6 is 0 Å². The van der Waals surface area contributed by atoms with E-state index in [9.17, 15) is 9.59 Å². The van der Waals surface area contributed by atoms with Crippen LogP contribution in [0.15, 0.2) is 11.6 Å². The number of aliphatic hydroxyl groups is 1. The number of rotatable bonds is 4. The molecule has 0 amide bonds. The van der Waals surface area contributed by atoms with E-state index in [-0.39, 0.29) is 12.2 Å². The molecule has 5 heteroatoms. The first-order valence-corrected chi connectivity index (χ1v) is 3.70. The third-order valence-electron chi connectivity index (χ3n) is 1.12. The lowest BCUT2D eigenvalue weighted by Crippen LogP contribution is -2.16. The fraction of sp³-hybridized carbons (Fsp3) is 0.500. The van der Waals surface area contributed by atoms with Crippen LogP contribution in [0.2, 0.25) is 0 Å². The Labute approximate surface area is 75.6 Å². The number of ether oxygens (including phenoxy) is 1. The summed E-state index contributed by atoms with van der Waals surface area (Å²) in [5, 5.41) is 17.0. The Kier molecular flexibility index (Phi) is 4.76. The van der Waals surface area contributed by atoms with Gasteiger partial charge in [-0.15, -0.1) is 0 Å². The van der Waals surface area contributed by atoms with Crippen LogP contribution in [0.5, 0.6) is 0 Å². The van der Waals surface area contributed by atoms with Gasteiger partial charge >= 0.3 is 11.9 Å². The molecule has 0 bridgehead atoms. The van der Waals surface area contributed by atoms with Gasteiger partial charge in [0.1, 0.15) is 6.61 Å². The van der Waals surface area contributed by atoms with Crippen molar-refractivity contribution >= 4 is 11.9 Å². The summed E-state index contributed by atoms with van der Waals surface area (Å²) in [6.07, 6.45) is 0.00580. The predicted octanol–water partition coefficient (Wildman–Crippen LogP) is -0.0587. The van der Waals surface area contributed by atoms with E-state index in [4.69, 9.17) is 10.2 Å². The van der Waals surface area contributed by atoms with Crippen molar-refractivity contribution in [3.63, 3.8) is 0 Å². The van der Waals surface area contributed by atoms with E-state index >= 15 is 0 Å². The minimum atomic E-state index is -1.20. The normalized spacial score (nSPS) is 13.6. The van der Waals surface area contributed by atoms with Crippen LogP contribution in [0.3, 0.4) is 0 Å². The van der Waals surface area contributed by atoms with Crippen LogP contribution in [-0.4, -0.2) is 34.9 Å². The highest BCUT2D eigenvalue weighted by atomic mass is 16.5. The third-order valence-corrected chi connectivity index (χ3v) is 1.12. The zero-order chi connectivity index (χ0) is 10.4. The average molecular weight is 188 g/mol. The molecule has 0 saturated carbocycles. The zero-order valence-electron chi connectivity index (χ0n) is 7.48. The highest BCUT2D eigenvalue weighted by molar-refractivity contribution is 5.95. The molecule has 0 fully saturated rings. The van der Waals surface area contributed by atoms with Gasteiger partial charge in [0.25, 0.3) is 0 Å². The number of hydrogen-bond donors (Lipinski definition) is 2. The number of carboxylic acid groups (broad SMARTS) is 1. The van der Waals surface area contributed by atoms with Crippen molar-refractivity contribution in [2.45, 2.75) is 20.0 Å². The predicted molar refractivity (Wildman–Crippen MR) is 44.0 cm³/mol. The monoisotopic (exact) mass is 188 g/mol. The van der Waals surface area contributed by atoms with Gasteiger partial charge in [0.2, 0.25) is 0 Å². The van der Waals surface area contributed by atoms with Gasteiger partial charge in [0.05, 0.1) is 6.10 Å². The maximum Gasteiger partial charge on any atom is 0.334 e. The molecule has 13 heavy (non-hydrogen) atoms. The van der Waals surface area contributed by atoms with E-state index in [0.29, 0.717) is 0 Å². The van der Waals surface area contributed by atoms with Gasteiger partial charge in [0.15, 0.2) is 0 Å². The van der Waals surface area contributed by atoms with Gasteiger partial charge in [-0.05, 0) is 13.8 Å². The van der Waals surface area contributed by atoms with Gasteiger partial charge in [-0.25, -0.2) is 9.59 Å². The first-order chi connectivity index (χ1) is 5.93. The number of carbonyl (C=O) groups excluding carboxylic acids is 1. The molecule has 0 spiro atoms. The average Bonchev–Trinajstić information content (AvgIpc) is 1.98. The molecule has 5 nitrogen and oxygen atoms in total. The fourth-order valence-electron chi connectivity index (χ4n) is 0.554. The first-order valence-electron chi connectivity index (χ1n) is 3.70. The number of aliphatic hydroxyl groups excluding tert-OH is 1. The SMILES string of the molecule is C/C(=C/C(=O)O)C(=O)OCC(C)O.